The van der Waals surface area contributed by atoms with Crippen LogP contribution in [0.15, 0.2) is 0 Å². The second-order valence-corrected chi connectivity index (χ2v) is 1.35. The topological polar surface area (TPSA) is 0 Å². The third-order valence-electron chi connectivity index (χ3n) is 0.0913. The van der Waals surface area contributed by atoms with Gasteiger partial charge in [0.2, 0.25) is 0 Å². The summed E-state index contributed by atoms with van der Waals surface area (Å²) >= 11 is 2.15. The van der Waals surface area contributed by atoms with Crippen LogP contribution < -0.4 is 0 Å². The van der Waals surface area contributed by atoms with Crippen LogP contribution in [-0.2, 0) is 19.4 Å². The Hall–Kier alpha value is 0.558. The van der Waals surface area contributed by atoms with E-state index in [2.05, 4.69) is 26.3 Å². The molecule has 4 heavy (non-hydrogen) atoms. The molecule has 0 amide bonds. The Balaban J connectivity index is 2.30. The van der Waals surface area contributed by atoms with Gasteiger partial charge in [-0.3, -0.25) is 0 Å². The van der Waals surface area contributed by atoms with Gasteiger partial charge in [0.05, 0.1) is 0 Å². The van der Waals surface area contributed by atoms with Crippen LogP contribution in [0.25, 0.3) is 0 Å². The van der Waals surface area contributed by atoms with Gasteiger partial charge in [-0.2, -0.15) is 0 Å². The van der Waals surface area contributed by atoms with Crippen molar-refractivity contribution in [2.45, 2.75) is 6.42 Å². The van der Waals surface area contributed by atoms with Gasteiger partial charge >= 0.3 is 37.1 Å². The van der Waals surface area contributed by atoms with Crippen LogP contribution in [-0.4, -0.2) is 4.40 Å². The van der Waals surface area contributed by atoms with Gasteiger partial charge in [-0.25, -0.2) is 0 Å². The molecule has 0 aliphatic heterocycles. The van der Waals surface area contributed by atoms with Crippen LogP contribution in [0.5, 0.6) is 0 Å². The van der Waals surface area contributed by atoms with Crippen molar-refractivity contribution in [1.82, 2.24) is 0 Å². The summed E-state index contributed by atoms with van der Waals surface area (Å²) in [6.45, 7) is 3.54. The maximum atomic E-state index is 3.54. The Morgan fingerprint density at radius 3 is 2.25 bits per heavy atom. The predicted octanol–water partition coefficient (Wildman–Crippen LogP) is 0.560. The summed E-state index contributed by atoms with van der Waals surface area (Å²) in [5.41, 5.74) is 0. The Morgan fingerprint density at radius 1 is 2.00 bits per heavy atom. The molecule has 0 aromatic rings. The third-order valence-corrected chi connectivity index (χ3v) is 0.747. The standard InChI is InChI=1S/C3H5.Pt/c1-3-2;/h1H,2-3H2;/q-1;. The Kier molecular flexibility index (Phi) is 4.05. The minimum absolute atomic E-state index is 0.932. The summed E-state index contributed by atoms with van der Waals surface area (Å²) < 4.78 is 1.99. The third kappa shape index (κ3) is 2.56. The average molecular weight is 236 g/mol. The fraction of sp³-hybridized carbons (Fsp3) is 0.333. The average Bonchev–Trinajstić information content (AvgIpc) is 1.37. The van der Waals surface area contributed by atoms with E-state index >= 15 is 0 Å². The van der Waals surface area contributed by atoms with Gasteiger partial charge in [0.25, 0.3) is 0 Å². The summed E-state index contributed by atoms with van der Waals surface area (Å²) in [6.07, 6.45) is 0.932. The van der Waals surface area contributed by atoms with Crippen LogP contribution in [0.2, 0.25) is 0 Å². The molecular formula is C3H5Pt-. The molecule has 0 rings (SSSR count). The summed E-state index contributed by atoms with van der Waals surface area (Å²) in [5.74, 6) is 0. The molecule has 0 N–H and O–H groups in total. The minimum atomic E-state index is 0.932. The zero-order valence-corrected chi connectivity index (χ0v) is 4.58. The summed E-state index contributed by atoms with van der Waals surface area (Å²) in [4.78, 5) is 0. The van der Waals surface area contributed by atoms with E-state index in [1.54, 1.807) is 0 Å². The van der Waals surface area contributed by atoms with Crippen LogP contribution >= 0.6 is 0 Å². The molecule has 28 valence electrons. The molecule has 0 heterocycles. The molecule has 0 atom stereocenters. The van der Waals surface area contributed by atoms with E-state index in [9.17, 15) is 0 Å². The first kappa shape index (κ1) is 4.56. The van der Waals surface area contributed by atoms with Crippen molar-refractivity contribution in [3.63, 3.8) is 0 Å². The second kappa shape index (κ2) is 3.56. The Bertz CT molecular complexity index is 17.2. The van der Waals surface area contributed by atoms with Crippen molar-refractivity contribution in [1.29, 1.82) is 0 Å². The van der Waals surface area contributed by atoms with Crippen LogP contribution in [0.1, 0.15) is 6.42 Å². The Morgan fingerprint density at radius 2 is 2.25 bits per heavy atom. The zero-order chi connectivity index (χ0) is 3.41. The Labute approximate surface area is 37.6 Å². The van der Waals surface area contributed by atoms with Crippen molar-refractivity contribution in [3.05, 3.63) is 6.92 Å². The molecule has 0 saturated heterocycles. The molecule has 0 nitrogen and oxygen atoms in total. The van der Waals surface area contributed by atoms with Gasteiger partial charge in [-0.1, -0.05) is 0 Å². The number of hydrogen-bond donors (Lipinski definition) is 0. The molecule has 0 spiro atoms. The molecule has 0 bridgehead atoms. The van der Waals surface area contributed by atoms with E-state index in [1.165, 1.54) is 0 Å². The normalized spacial score (nSPS) is 6.75. The molecule has 0 aliphatic carbocycles. The fourth-order valence-electron chi connectivity index (χ4n) is 0. The van der Waals surface area contributed by atoms with Crippen molar-refractivity contribution >= 4 is 4.40 Å². The van der Waals surface area contributed by atoms with Gasteiger partial charge in [0.15, 0.2) is 0 Å². The second-order valence-electron chi connectivity index (χ2n) is 0.418. The van der Waals surface area contributed by atoms with Gasteiger partial charge < -0.3 is 0 Å². The van der Waals surface area contributed by atoms with E-state index in [4.69, 9.17) is 0 Å². The van der Waals surface area contributed by atoms with E-state index in [-0.39, 0.29) is 0 Å². The maximum absolute atomic E-state index is 3.54. The molecular weight excluding hydrogens is 231 g/mol. The van der Waals surface area contributed by atoms with Crippen LogP contribution in [0, 0.1) is 6.92 Å². The molecule has 0 aliphatic rings. The van der Waals surface area contributed by atoms with Gasteiger partial charge in [-0.15, -0.1) is 0 Å². The van der Waals surface area contributed by atoms with E-state index in [1.807, 2.05) is 4.40 Å². The van der Waals surface area contributed by atoms with Crippen molar-refractivity contribution in [2.75, 3.05) is 0 Å². The van der Waals surface area contributed by atoms with E-state index in [0.29, 0.717) is 0 Å². The number of rotatable bonds is 1. The summed E-state index contributed by atoms with van der Waals surface area (Å²) in [6, 6.07) is 0. The molecule has 0 saturated carbocycles. The van der Waals surface area contributed by atoms with Crippen LogP contribution in [0.3, 0.4) is 0 Å². The summed E-state index contributed by atoms with van der Waals surface area (Å²) in [7, 11) is 0. The monoisotopic (exact) mass is 236 g/mol. The van der Waals surface area contributed by atoms with Gasteiger partial charge in [0.1, 0.15) is 0 Å². The molecule has 1 heteroatoms. The molecule has 0 aromatic heterocycles. The SMILES string of the molecule is [CH2-]C[CH]=[Pt]. The zero-order valence-electron chi connectivity index (χ0n) is 2.31. The van der Waals surface area contributed by atoms with Crippen LogP contribution in [0.4, 0.5) is 0 Å². The van der Waals surface area contributed by atoms with Crippen molar-refractivity contribution in [2.24, 2.45) is 0 Å². The number of hydrogen-bond acceptors (Lipinski definition) is 0. The quantitative estimate of drug-likeness (QED) is 0.583. The van der Waals surface area contributed by atoms with E-state index in [0.717, 1.165) is 6.42 Å². The van der Waals surface area contributed by atoms with Gasteiger partial charge in [-0.05, 0) is 0 Å². The van der Waals surface area contributed by atoms with Gasteiger partial charge in [0, 0.05) is 0 Å². The molecule has 0 unspecified atom stereocenters. The molecule has 0 radical (unpaired) electrons. The van der Waals surface area contributed by atoms with Crippen molar-refractivity contribution < 1.29 is 19.4 Å². The fourth-order valence-corrected chi connectivity index (χ4v) is 0. The molecule has 0 fully saturated rings. The first-order valence-electron chi connectivity index (χ1n) is 1.09. The predicted molar refractivity (Wildman–Crippen MR) is 16.0 cm³/mol. The first-order valence-corrected chi connectivity index (χ1v) is 2.40. The van der Waals surface area contributed by atoms with Crippen molar-refractivity contribution in [3.8, 4) is 0 Å². The van der Waals surface area contributed by atoms with E-state index < -0.39 is 0 Å². The summed E-state index contributed by atoms with van der Waals surface area (Å²) in [5, 5.41) is 0. The molecule has 0 aromatic carbocycles. The first-order chi connectivity index (χ1) is 1.91.